The van der Waals surface area contributed by atoms with Gasteiger partial charge in [-0.25, -0.2) is 4.98 Å². The Labute approximate surface area is 124 Å². The molecular formula is C12H6BrF3N2O3. The molecule has 1 heterocycles. The Morgan fingerprint density at radius 3 is 2.38 bits per heavy atom. The van der Waals surface area contributed by atoms with Crippen molar-refractivity contribution in [3.8, 4) is 11.6 Å². The van der Waals surface area contributed by atoms with Crippen molar-refractivity contribution in [1.29, 1.82) is 0 Å². The molecule has 0 atom stereocenters. The number of hydrogen-bond donors (Lipinski definition) is 0. The molecule has 0 saturated carbocycles. The van der Waals surface area contributed by atoms with Crippen molar-refractivity contribution >= 4 is 21.6 Å². The molecule has 0 aliphatic rings. The molecule has 0 unspecified atom stereocenters. The predicted molar refractivity (Wildman–Crippen MR) is 70.1 cm³/mol. The Morgan fingerprint density at radius 2 is 1.86 bits per heavy atom. The van der Waals surface area contributed by atoms with E-state index < -0.39 is 22.4 Å². The van der Waals surface area contributed by atoms with Gasteiger partial charge in [-0.3, -0.25) is 10.1 Å². The molecule has 2 rings (SSSR count). The summed E-state index contributed by atoms with van der Waals surface area (Å²) in [6, 6.07) is 4.96. The maximum atomic E-state index is 12.4. The molecule has 1 aromatic carbocycles. The fraction of sp³-hybridized carbons (Fsp3) is 0.0833. The number of benzene rings is 1. The van der Waals surface area contributed by atoms with Gasteiger partial charge in [-0.1, -0.05) is 0 Å². The Kier molecular flexibility index (Phi) is 4.12. The van der Waals surface area contributed by atoms with E-state index in [9.17, 15) is 23.3 Å². The number of halogens is 4. The third-order valence-corrected chi connectivity index (χ3v) is 2.83. The van der Waals surface area contributed by atoms with Crippen molar-refractivity contribution in [1.82, 2.24) is 4.98 Å². The molecule has 110 valence electrons. The van der Waals surface area contributed by atoms with Gasteiger partial charge in [-0.15, -0.1) is 0 Å². The zero-order chi connectivity index (χ0) is 15.6. The minimum Gasteiger partial charge on any atom is -0.434 e. The third-order valence-electron chi connectivity index (χ3n) is 2.39. The van der Waals surface area contributed by atoms with E-state index in [4.69, 9.17) is 4.74 Å². The fourth-order valence-electron chi connectivity index (χ4n) is 1.45. The first kappa shape index (κ1) is 15.2. The van der Waals surface area contributed by atoms with Crippen LogP contribution < -0.4 is 4.74 Å². The second-order valence-electron chi connectivity index (χ2n) is 3.86. The second kappa shape index (κ2) is 5.68. The Hall–Kier alpha value is -2.16. The molecule has 0 bridgehead atoms. The van der Waals surface area contributed by atoms with Crippen molar-refractivity contribution < 1.29 is 22.8 Å². The molecule has 2 aromatic rings. The SMILES string of the molecule is O=[N+]([O-])c1cc(Br)cnc1Oc1ccc(C(F)(F)F)cc1. The molecule has 9 heteroatoms. The van der Waals surface area contributed by atoms with Crippen LogP contribution in [-0.2, 0) is 6.18 Å². The summed E-state index contributed by atoms with van der Waals surface area (Å²) in [4.78, 5) is 13.9. The van der Waals surface area contributed by atoms with E-state index in [0.717, 1.165) is 24.3 Å². The molecule has 0 saturated heterocycles. The molecule has 5 nitrogen and oxygen atoms in total. The van der Waals surface area contributed by atoms with E-state index in [1.807, 2.05) is 0 Å². The number of alkyl halides is 3. The summed E-state index contributed by atoms with van der Waals surface area (Å²) >= 11 is 3.03. The lowest BCUT2D eigenvalue weighted by atomic mass is 10.2. The van der Waals surface area contributed by atoms with Gasteiger partial charge in [-0.05, 0) is 40.2 Å². The van der Waals surface area contributed by atoms with Crippen molar-refractivity contribution in [3.05, 3.63) is 56.7 Å². The standard InChI is InChI=1S/C12H6BrF3N2O3/c13-8-5-10(18(19)20)11(17-6-8)21-9-3-1-7(2-4-9)12(14,15)16/h1-6H. The first-order chi connectivity index (χ1) is 9.77. The quantitative estimate of drug-likeness (QED) is 0.592. The summed E-state index contributed by atoms with van der Waals surface area (Å²) in [7, 11) is 0. The lowest BCUT2D eigenvalue weighted by Gasteiger charge is -2.08. The van der Waals surface area contributed by atoms with Crippen LogP contribution in [0, 0.1) is 10.1 Å². The summed E-state index contributed by atoms with van der Waals surface area (Å²) < 4.78 is 42.8. The predicted octanol–water partition coefficient (Wildman–Crippen LogP) is 4.56. The average Bonchev–Trinajstić information content (AvgIpc) is 2.40. The van der Waals surface area contributed by atoms with E-state index in [-0.39, 0.29) is 11.6 Å². The molecule has 0 N–H and O–H groups in total. The highest BCUT2D eigenvalue weighted by molar-refractivity contribution is 9.10. The highest BCUT2D eigenvalue weighted by Crippen LogP contribution is 2.33. The maximum absolute atomic E-state index is 12.4. The smallest absolute Gasteiger partial charge is 0.416 e. The molecule has 0 aliphatic heterocycles. The minimum absolute atomic E-state index is 0.0147. The normalized spacial score (nSPS) is 11.2. The van der Waals surface area contributed by atoms with Gasteiger partial charge in [0.1, 0.15) is 5.75 Å². The van der Waals surface area contributed by atoms with Crippen LogP contribution in [0.5, 0.6) is 11.6 Å². The van der Waals surface area contributed by atoms with Crippen LogP contribution in [0.4, 0.5) is 18.9 Å². The fourth-order valence-corrected chi connectivity index (χ4v) is 1.77. The highest BCUT2D eigenvalue weighted by atomic mass is 79.9. The highest BCUT2D eigenvalue weighted by Gasteiger charge is 2.30. The molecule has 0 aliphatic carbocycles. The lowest BCUT2D eigenvalue weighted by molar-refractivity contribution is -0.386. The molecule has 0 spiro atoms. The summed E-state index contributed by atoms with van der Waals surface area (Å²) in [6.07, 6.45) is -3.17. The Balaban J connectivity index is 2.28. The molecule has 0 fully saturated rings. The van der Waals surface area contributed by atoms with Gasteiger partial charge in [0, 0.05) is 16.7 Å². The van der Waals surface area contributed by atoms with Crippen molar-refractivity contribution in [2.75, 3.05) is 0 Å². The third kappa shape index (κ3) is 3.69. The van der Waals surface area contributed by atoms with Crippen molar-refractivity contribution in [2.45, 2.75) is 6.18 Å². The van der Waals surface area contributed by atoms with Crippen molar-refractivity contribution in [3.63, 3.8) is 0 Å². The summed E-state index contributed by atoms with van der Waals surface area (Å²) in [5, 5.41) is 10.9. The van der Waals surface area contributed by atoms with E-state index in [2.05, 4.69) is 20.9 Å². The van der Waals surface area contributed by atoms with Gasteiger partial charge in [0.2, 0.25) is 0 Å². The number of nitrogens with zero attached hydrogens (tertiary/aromatic N) is 2. The number of aromatic nitrogens is 1. The van der Waals surface area contributed by atoms with Gasteiger partial charge in [0.15, 0.2) is 0 Å². The number of nitro groups is 1. The topological polar surface area (TPSA) is 65.3 Å². The van der Waals surface area contributed by atoms with Crippen LogP contribution in [0.15, 0.2) is 41.0 Å². The lowest BCUT2D eigenvalue weighted by Crippen LogP contribution is -2.04. The van der Waals surface area contributed by atoms with Crippen LogP contribution in [0.3, 0.4) is 0 Å². The van der Waals surface area contributed by atoms with Crippen LogP contribution >= 0.6 is 15.9 Å². The van der Waals surface area contributed by atoms with Crippen LogP contribution in [0.25, 0.3) is 0 Å². The minimum atomic E-state index is -4.46. The molecule has 0 radical (unpaired) electrons. The van der Waals surface area contributed by atoms with E-state index in [1.165, 1.54) is 12.3 Å². The second-order valence-corrected chi connectivity index (χ2v) is 4.77. The van der Waals surface area contributed by atoms with Gasteiger partial charge in [0.25, 0.3) is 5.88 Å². The zero-order valence-corrected chi connectivity index (χ0v) is 11.7. The summed E-state index contributed by atoms with van der Waals surface area (Å²) in [6.45, 7) is 0. The number of hydrogen-bond acceptors (Lipinski definition) is 4. The van der Waals surface area contributed by atoms with Crippen LogP contribution in [0.2, 0.25) is 0 Å². The average molecular weight is 363 g/mol. The van der Waals surface area contributed by atoms with E-state index >= 15 is 0 Å². The van der Waals surface area contributed by atoms with E-state index in [1.54, 1.807) is 0 Å². The summed E-state index contributed by atoms with van der Waals surface area (Å²) in [5.41, 5.74) is -1.24. The summed E-state index contributed by atoms with van der Waals surface area (Å²) in [5.74, 6) is -0.288. The van der Waals surface area contributed by atoms with Gasteiger partial charge >= 0.3 is 11.9 Å². The number of pyridine rings is 1. The zero-order valence-electron chi connectivity index (χ0n) is 10.1. The van der Waals surface area contributed by atoms with Crippen LogP contribution in [0.1, 0.15) is 5.56 Å². The first-order valence-corrected chi connectivity index (χ1v) is 6.22. The number of ether oxygens (including phenoxy) is 1. The Bertz CT molecular complexity index is 674. The monoisotopic (exact) mass is 362 g/mol. The maximum Gasteiger partial charge on any atom is 0.416 e. The largest absolute Gasteiger partial charge is 0.434 e. The van der Waals surface area contributed by atoms with Crippen LogP contribution in [-0.4, -0.2) is 9.91 Å². The van der Waals surface area contributed by atoms with Gasteiger partial charge in [0.05, 0.1) is 10.5 Å². The Morgan fingerprint density at radius 1 is 1.24 bits per heavy atom. The molecule has 21 heavy (non-hydrogen) atoms. The molecule has 1 aromatic heterocycles. The van der Waals surface area contributed by atoms with Gasteiger partial charge < -0.3 is 4.74 Å². The molecular weight excluding hydrogens is 357 g/mol. The number of rotatable bonds is 3. The van der Waals surface area contributed by atoms with Crippen molar-refractivity contribution in [2.24, 2.45) is 0 Å². The van der Waals surface area contributed by atoms with Gasteiger partial charge in [-0.2, -0.15) is 13.2 Å². The van der Waals surface area contributed by atoms with E-state index in [0.29, 0.717) is 4.47 Å². The first-order valence-electron chi connectivity index (χ1n) is 5.42. The molecule has 0 amide bonds.